The van der Waals surface area contributed by atoms with Crippen LogP contribution in [0.4, 0.5) is 0 Å². The van der Waals surface area contributed by atoms with Crippen molar-refractivity contribution in [2.75, 3.05) is 0 Å². The molecule has 0 radical (unpaired) electrons. The molecule has 1 heterocycles. The summed E-state index contributed by atoms with van der Waals surface area (Å²) < 4.78 is 5.18. The molecule has 1 unspecified atom stereocenters. The van der Waals surface area contributed by atoms with Gasteiger partial charge in [0.1, 0.15) is 11.9 Å². The number of allylic oxidation sites excluding steroid dienone is 1. The SMILES string of the molecule is C=CCC1C(=O)CC[C@H]2OC(=O)C(=C)[C@@H]12. The Morgan fingerprint density at radius 1 is 1.47 bits per heavy atom. The first-order valence-electron chi connectivity index (χ1n) is 5.18. The largest absolute Gasteiger partial charge is 0.458 e. The van der Waals surface area contributed by atoms with E-state index in [0.717, 1.165) is 0 Å². The van der Waals surface area contributed by atoms with Gasteiger partial charge in [-0.1, -0.05) is 12.7 Å². The summed E-state index contributed by atoms with van der Waals surface area (Å²) >= 11 is 0. The number of hydrogen-bond donors (Lipinski definition) is 0. The number of Topliss-reactive ketones (excluding diaryl/α,β-unsaturated/α-hetero) is 1. The van der Waals surface area contributed by atoms with Gasteiger partial charge in [0.2, 0.25) is 0 Å². The number of ketones is 1. The Balaban J connectivity index is 2.27. The van der Waals surface area contributed by atoms with Crippen molar-refractivity contribution in [2.45, 2.75) is 25.4 Å². The van der Waals surface area contributed by atoms with Gasteiger partial charge in [0.25, 0.3) is 0 Å². The smallest absolute Gasteiger partial charge is 0.334 e. The average Bonchev–Trinajstić information content (AvgIpc) is 2.49. The Morgan fingerprint density at radius 2 is 2.20 bits per heavy atom. The van der Waals surface area contributed by atoms with E-state index in [1.807, 2.05) is 0 Å². The van der Waals surface area contributed by atoms with Crippen LogP contribution >= 0.6 is 0 Å². The summed E-state index contributed by atoms with van der Waals surface area (Å²) in [5.74, 6) is -0.402. The van der Waals surface area contributed by atoms with Crippen LogP contribution in [0.25, 0.3) is 0 Å². The third-order valence-electron chi connectivity index (χ3n) is 3.27. The maximum absolute atomic E-state index is 11.7. The highest BCUT2D eigenvalue weighted by atomic mass is 16.6. The van der Waals surface area contributed by atoms with E-state index in [0.29, 0.717) is 24.8 Å². The van der Waals surface area contributed by atoms with Gasteiger partial charge >= 0.3 is 5.97 Å². The number of carbonyl (C=O) groups is 2. The Morgan fingerprint density at radius 3 is 2.87 bits per heavy atom. The van der Waals surface area contributed by atoms with Crippen molar-refractivity contribution in [3.63, 3.8) is 0 Å². The molecule has 3 atom stereocenters. The average molecular weight is 206 g/mol. The second kappa shape index (κ2) is 3.65. The van der Waals surface area contributed by atoms with Gasteiger partial charge < -0.3 is 4.74 Å². The van der Waals surface area contributed by atoms with Crippen molar-refractivity contribution in [1.29, 1.82) is 0 Å². The third kappa shape index (κ3) is 1.52. The fourth-order valence-corrected chi connectivity index (χ4v) is 2.52. The zero-order valence-electron chi connectivity index (χ0n) is 8.57. The minimum Gasteiger partial charge on any atom is -0.458 e. The zero-order chi connectivity index (χ0) is 11.0. The molecule has 2 fully saturated rings. The normalized spacial score (nSPS) is 34.9. The molecular weight excluding hydrogens is 192 g/mol. The molecule has 1 aliphatic carbocycles. The standard InChI is InChI=1S/C12H14O3/c1-3-4-8-9(13)5-6-10-11(8)7(2)12(14)15-10/h3,8,10-11H,1-2,4-6H2/t8?,10-,11+/m1/s1. The van der Waals surface area contributed by atoms with Gasteiger partial charge in [-0.3, -0.25) is 4.79 Å². The number of esters is 1. The topological polar surface area (TPSA) is 43.4 Å². The molecule has 0 aromatic rings. The van der Waals surface area contributed by atoms with E-state index in [1.165, 1.54) is 0 Å². The molecular formula is C12H14O3. The molecule has 1 saturated carbocycles. The highest BCUT2D eigenvalue weighted by Crippen LogP contribution is 2.41. The van der Waals surface area contributed by atoms with Crippen LogP contribution in [0.1, 0.15) is 19.3 Å². The highest BCUT2D eigenvalue weighted by molar-refractivity contribution is 5.94. The van der Waals surface area contributed by atoms with Crippen LogP contribution in [0.15, 0.2) is 24.8 Å². The lowest BCUT2D eigenvalue weighted by Crippen LogP contribution is -2.36. The van der Waals surface area contributed by atoms with Crippen LogP contribution < -0.4 is 0 Å². The fourth-order valence-electron chi connectivity index (χ4n) is 2.52. The summed E-state index contributed by atoms with van der Waals surface area (Å²) in [5.41, 5.74) is 0.458. The summed E-state index contributed by atoms with van der Waals surface area (Å²) in [6.07, 6.45) is 3.34. The lowest BCUT2D eigenvalue weighted by molar-refractivity contribution is -0.142. The van der Waals surface area contributed by atoms with Crippen molar-refractivity contribution in [1.82, 2.24) is 0 Å². The first-order valence-corrected chi connectivity index (χ1v) is 5.18. The predicted octanol–water partition coefficient (Wildman–Crippen LogP) is 1.64. The maximum Gasteiger partial charge on any atom is 0.334 e. The van der Waals surface area contributed by atoms with Gasteiger partial charge in [0, 0.05) is 23.8 Å². The van der Waals surface area contributed by atoms with Crippen LogP contribution in [-0.2, 0) is 14.3 Å². The Hall–Kier alpha value is -1.38. The molecule has 80 valence electrons. The first-order chi connectivity index (χ1) is 7.15. The molecule has 1 saturated heterocycles. The van der Waals surface area contributed by atoms with E-state index < -0.39 is 0 Å². The molecule has 0 amide bonds. The van der Waals surface area contributed by atoms with E-state index >= 15 is 0 Å². The molecule has 2 rings (SSSR count). The molecule has 0 bridgehead atoms. The molecule has 2 aliphatic rings. The van der Waals surface area contributed by atoms with Crippen LogP contribution in [0, 0.1) is 11.8 Å². The minimum absolute atomic E-state index is 0.114. The summed E-state index contributed by atoms with van der Waals surface area (Å²) in [5, 5.41) is 0. The van der Waals surface area contributed by atoms with Gasteiger partial charge in [-0.05, 0) is 12.8 Å². The maximum atomic E-state index is 11.7. The van der Waals surface area contributed by atoms with Crippen molar-refractivity contribution >= 4 is 11.8 Å². The summed E-state index contributed by atoms with van der Waals surface area (Å²) in [6, 6.07) is 0. The second-order valence-corrected chi connectivity index (χ2v) is 4.13. The van der Waals surface area contributed by atoms with Crippen LogP contribution in [0.3, 0.4) is 0 Å². The molecule has 0 N–H and O–H groups in total. The van der Waals surface area contributed by atoms with Gasteiger partial charge in [0.15, 0.2) is 0 Å². The molecule has 3 nitrogen and oxygen atoms in total. The Labute approximate surface area is 88.8 Å². The van der Waals surface area contributed by atoms with Gasteiger partial charge in [-0.25, -0.2) is 4.79 Å². The number of ether oxygens (including phenoxy) is 1. The quantitative estimate of drug-likeness (QED) is 0.392. The summed E-state index contributed by atoms with van der Waals surface area (Å²) in [7, 11) is 0. The van der Waals surface area contributed by atoms with E-state index in [9.17, 15) is 9.59 Å². The number of carbonyl (C=O) groups excluding carboxylic acids is 2. The lowest BCUT2D eigenvalue weighted by Gasteiger charge is -2.29. The van der Waals surface area contributed by atoms with Crippen LogP contribution in [0.2, 0.25) is 0 Å². The molecule has 0 spiro atoms. The fraction of sp³-hybridized carbons (Fsp3) is 0.500. The van der Waals surface area contributed by atoms with Crippen molar-refractivity contribution < 1.29 is 14.3 Å². The van der Waals surface area contributed by atoms with Crippen molar-refractivity contribution in [2.24, 2.45) is 11.8 Å². The number of rotatable bonds is 2. The van der Waals surface area contributed by atoms with Crippen LogP contribution in [-0.4, -0.2) is 17.9 Å². The highest BCUT2D eigenvalue weighted by Gasteiger charge is 2.47. The third-order valence-corrected chi connectivity index (χ3v) is 3.27. The van der Waals surface area contributed by atoms with Crippen LogP contribution in [0.5, 0.6) is 0 Å². The molecule has 0 aromatic carbocycles. The van der Waals surface area contributed by atoms with Crippen molar-refractivity contribution in [3.05, 3.63) is 24.8 Å². The van der Waals surface area contributed by atoms with Gasteiger partial charge in [-0.15, -0.1) is 6.58 Å². The lowest BCUT2D eigenvalue weighted by atomic mass is 9.73. The van der Waals surface area contributed by atoms with E-state index in [4.69, 9.17) is 4.74 Å². The molecule has 15 heavy (non-hydrogen) atoms. The second-order valence-electron chi connectivity index (χ2n) is 4.13. The number of fused-ring (bicyclic) bond motifs is 1. The molecule has 0 aromatic heterocycles. The Bertz CT molecular complexity index is 343. The van der Waals surface area contributed by atoms with E-state index in [2.05, 4.69) is 13.2 Å². The predicted molar refractivity (Wildman–Crippen MR) is 55.1 cm³/mol. The molecule has 3 heteroatoms. The minimum atomic E-state index is -0.339. The van der Waals surface area contributed by atoms with E-state index in [1.54, 1.807) is 6.08 Å². The first kappa shape index (κ1) is 10.1. The zero-order valence-corrected chi connectivity index (χ0v) is 8.57. The number of hydrogen-bond acceptors (Lipinski definition) is 3. The van der Waals surface area contributed by atoms with E-state index in [-0.39, 0.29) is 29.7 Å². The summed E-state index contributed by atoms with van der Waals surface area (Å²) in [6.45, 7) is 7.37. The Kier molecular flexibility index (Phi) is 2.47. The van der Waals surface area contributed by atoms with Crippen molar-refractivity contribution in [3.8, 4) is 0 Å². The van der Waals surface area contributed by atoms with Gasteiger partial charge in [0.05, 0.1) is 0 Å². The molecule has 1 aliphatic heterocycles. The monoisotopic (exact) mass is 206 g/mol. The van der Waals surface area contributed by atoms with Gasteiger partial charge in [-0.2, -0.15) is 0 Å². The summed E-state index contributed by atoms with van der Waals surface area (Å²) in [4.78, 5) is 23.1.